The number of aromatic hydroxyl groups is 1. The van der Waals surface area contributed by atoms with Crippen molar-refractivity contribution >= 4 is 5.69 Å². The first kappa shape index (κ1) is 7.43. The molecule has 2 rings (SSSR count). The van der Waals surface area contributed by atoms with E-state index in [0.29, 0.717) is 5.75 Å². The van der Waals surface area contributed by atoms with Crippen LogP contribution in [0.1, 0.15) is 5.56 Å². The SMILES string of the molecule is Oc1cccc2c1NCCNC2. The summed E-state index contributed by atoms with van der Waals surface area (Å²) in [4.78, 5) is 0. The molecule has 0 aliphatic carbocycles. The summed E-state index contributed by atoms with van der Waals surface area (Å²) in [7, 11) is 0. The largest absolute Gasteiger partial charge is 0.506 e. The number of hydrogen-bond acceptors (Lipinski definition) is 3. The highest BCUT2D eigenvalue weighted by Crippen LogP contribution is 2.27. The summed E-state index contributed by atoms with van der Waals surface area (Å²) < 4.78 is 0. The first-order valence-corrected chi connectivity index (χ1v) is 4.13. The van der Waals surface area contributed by atoms with Gasteiger partial charge >= 0.3 is 0 Å². The minimum atomic E-state index is 0.344. The molecule has 64 valence electrons. The molecule has 0 atom stereocenters. The van der Waals surface area contributed by atoms with Crippen LogP contribution in [0.5, 0.6) is 5.75 Å². The Morgan fingerprint density at radius 1 is 1.25 bits per heavy atom. The van der Waals surface area contributed by atoms with Crippen molar-refractivity contribution in [2.24, 2.45) is 0 Å². The van der Waals surface area contributed by atoms with Crippen LogP contribution in [0, 0.1) is 0 Å². The van der Waals surface area contributed by atoms with Crippen molar-refractivity contribution in [3.63, 3.8) is 0 Å². The van der Waals surface area contributed by atoms with Crippen LogP contribution in [0.25, 0.3) is 0 Å². The monoisotopic (exact) mass is 164 g/mol. The molecule has 3 N–H and O–H groups in total. The van der Waals surface area contributed by atoms with E-state index in [1.54, 1.807) is 6.07 Å². The predicted molar refractivity (Wildman–Crippen MR) is 48.3 cm³/mol. The third-order valence-electron chi connectivity index (χ3n) is 2.05. The van der Waals surface area contributed by atoms with Crippen molar-refractivity contribution in [1.29, 1.82) is 0 Å². The second-order valence-electron chi connectivity index (χ2n) is 2.91. The van der Waals surface area contributed by atoms with E-state index in [-0.39, 0.29) is 0 Å². The molecule has 0 unspecified atom stereocenters. The van der Waals surface area contributed by atoms with Crippen molar-refractivity contribution in [3.05, 3.63) is 23.8 Å². The molecule has 0 aromatic heterocycles. The summed E-state index contributed by atoms with van der Waals surface area (Å²) in [6.45, 7) is 2.63. The van der Waals surface area contributed by atoms with Gasteiger partial charge in [-0.3, -0.25) is 0 Å². The first-order chi connectivity index (χ1) is 5.88. The van der Waals surface area contributed by atoms with Crippen LogP contribution >= 0.6 is 0 Å². The van der Waals surface area contributed by atoms with Gasteiger partial charge in [-0.15, -0.1) is 0 Å². The minimum absolute atomic E-state index is 0.344. The summed E-state index contributed by atoms with van der Waals surface area (Å²) in [5.74, 6) is 0.344. The summed E-state index contributed by atoms with van der Waals surface area (Å²) in [6.07, 6.45) is 0. The Morgan fingerprint density at radius 2 is 2.17 bits per heavy atom. The number of para-hydroxylation sites is 1. The Labute approximate surface area is 71.4 Å². The maximum absolute atomic E-state index is 9.49. The molecule has 0 fully saturated rings. The average Bonchev–Trinajstić information content (AvgIpc) is 2.30. The van der Waals surface area contributed by atoms with Crippen molar-refractivity contribution in [1.82, 2.24) is 5.32 Å². The van der Waals surface area contributed by atoms with Crippen LogP contribution in [0.3, 0.4) is 0 Å². The van der Waals surface area contributed by atoms with Gasteiger partial charge in [0, 0.05) is 19.6 Å². The van der Waals surface area contributed by atoms with E-state index in [4.69, 9.17) is 0 Å². The quantitative estimate of drug-likeness (QED) is 0.499. The second-order valence-corrected chi connectivity index (χ2v) is 2.91. The van der Waals surface area contributed by atoms with Gasteiger partial charge in [0.15, 0.2) is 0 Å². The summed E-state index contributed by atoms with van der Waals surface area (Å²) in [5, 5.41) is 15.9. The van der Waals surface area contributed by atoms with E-state index in [1.165, 1.54) is 0 Å². The number of phenolic OH excluding ortho intramolecular Hbond substituents is 1. The van der Waals surface area contributed by atoms with E-state index in [1.807, 2.05) is 12.1 Å². The Balaban J connectivity index is 2.42. The van der Waals surface area contributed by atoms with Crippen LogP contribution in [0.4, 0.5) is 5.69 Å². The number of phenols is 1. The van der Waals surface area contributed by atoms with Crippen molar-refractivity contribution < 1.29 is 5.11 Å². The van der Waals surface area contributed by atoms with Gasteiger partial charge in [0.2, 0.25) is 0 Å². The lowest BCUT2D eigenvalue weighted by Gasteiger charge is -2.07. The highest BCUT2D eigenvalue weighted by molar-refractivity contribution is 5.61. The van der Waals surface area contributed by atoms with Gasteiger partial charge in [-0.25, -0.2) is 0 Å². The molecule has 1 aliphatic rings. The van der Waals surface area contributed by atoms with E-state index < -0.39 is 0 Å². The lowest BCUT2D eigenvalue weighted by molar-refractivity contribution is 0.477. The number of rotatable bonds is 0. The average molecular weight is 164 g/mol. The second kappa shape index (κ2) is 3.03. The number of fused-ring (bicyclic) bond motifs is 1. The number of anilines is 1. The fraction of sp³-hybridized carbons (Fsp3) is 0.333. The van der Waals surface area contributed by atoms with Crippen LogP contribution in [0.2, 0.25) is 0 Å². The van der Waals surface area contributed by atoms with Gasteiger partial charge in [0.05, 0.1) is 5.69 Å². The fourth-order valence-electron chi connectivity index (χ4n) is 1.44. The Morgan fingerprint density at radius 3 is 3.08 bits per heavy atom. The molecule has 0 saturated heterocycles. The van der Waals surface area contributed by atoms with Gasteiger partial charge < -0.3 is 15.7 Å². The standard InChI is InChI=1S/C9H12N2O/c12-8-3-1-2-7-6-10-4-5-11-9(7)8/h1-3,10-12H,4-6H2. The van der Waals surface area contributed by atoms with Crippen LogP contribution < -0.4 is 10.6 Å². The van der Waals surface area contributed by atoms with Gasteiger partial charge in [-0.05, 0) is 11.6 Å². The molecule has 0 radical (unpaired) electrons. The molecule has 1 aromatic carbocycles. The van der Waals surface area contributed by atoms with Crippen molar-refractivity contribution in [2.45, 2.75) is 6.54 Å². The fourth-order valence-corrected chi connectivity index (χ4v) is 1.44. The smallest absolute Gasteiger partial charge is 0.139 e. The molecular formula is C9H12N2O. The predicted octanol–water partition coefficient (Wildman–Crippen LogP) is 0.907. The molecule has 3 nitrogen and oxygen atoms in total. The zero-order valence-electron chi connectivity index (χ0n) is 6.80. The molecule has 1 heterocycles. The van der Waals surface area contributed by atoms with E-state index in [0.717, 1.165) is 30.9 Å². The van der Waals surface area contributed by atoms with Crippen LogP contribution in [-0.2, 0) is 6.54 Å². The summed E-state index contributed by atoms with van der Waals surface area (Å²) >= 11 is 0. The van der Waals surface area contributed by atoms with Crippen molar-refractivity contribution in [2.75, 3.05) is 18.4 Å². The molecule has 0 saturated carbocycles. The summed E-state index contributed by atoms with van der Waals surface area (Å²) in [5.41, 5.74) is 2.01. The first-order valence-electron chi connectivity index (χ1n) is 4.13. The third kappa shape index (κ3) is 1.23. The van der Waals surface area contributed by atoms with E-state index in [2.05, 4.69) is 10.6 Å². The maximum Gasteiger partial charge on any atom is 0.139 e. The zero-order valence-corrected chi connectivity index (χ0v) is 6.80. The normalized spacial score (nSPS) is 16.0. The highest BCUT2D eigenvalue weighted by atomic mass is 16.3. The maximum atomic E-state index is 9.49. The molecule has 3 heteroatoms. The Hall–Kier alpha value is -1.22. The van der Waals surface area contributed by atoms with E-state index in [9.17, 15) is 5.11 Å². The molecule has 0 bridgehead atoms. The molecule has 12 heavy (non-hydrogen) atoms. The van der Waals surface area contributed by atoms with Gasteiger partial charge in [-0.2, -0.15) is 0 Å². The van der Waals surface area contributed by atoms with E-state index >= 15 is 0 Å². The van der Waals surface area contributed by atoms with Crippen LogP contribution in [-0.4, -0.2) is 18.2 Å². The highest BCUT2D eigenvalue weighted by Gasteiger charge is 2.08. The Bertz CT molecular complexity index is 286. The summed E-state index contributed by atoms with van der Waals surface area (Å²) in [6, 6.07) is 5.58. The zero-order chi connectivity index (χ0) is 8.39. The number of hydrogen-bond donors (Lipinski definition) is 3. The number of nitrogens with one attached hydrogen (secondary N) is 2. The lowest BCUT2D eigenvalue weighted by Crippen LogP contribution is -2.16. The molecular weight excluding hydrogens is 152 g/mol. The Kier molecular flexibility index (Phi) is 1.87. The van der Waals surface area contributed by atoms with Gasteiger partial charge in [0.1, 0.15) is 5.75 Å². The van der Waals surface area contributed by atoms with Gasteiger partial charge in [0.25, 0.3) is 0 Å². The van der Waals surface area contributed by atoms with Crippen molar-refractivity contribution in [3.8, 4) is 5.75 Å². The molecule has 1 aromatic rings. The lowest BCUT2D eigenvalue weighted by atomic mass is 10.1. The molecule has 0 amide bonds. The van der Waals surface area contributed by atoms with Crippen LogP contribution in [0.15, 0.2) is 18.2 Å². The molecule has 0 spiro atoms. The number of benzene rings is 1. The third-order valence-corrected chi connectivity index (χ3v) is 2.05. The molecule has 1 aliphatic heterocycles. The minimum Gasteiger partial charge on any atom is -0.506 e. The topological polar surface area (TPSA) is 44.3 Å². The van der Waals surface area contributed by atoms with Gasteiger partial charge in [-0.1, -0.05) is 12.1 Å².